The van der Waals surface area contributed by atoms with Crippen molar-refractivity contribution in [2.45, 2.75) is 78.0 Å². The van der Waals surface area contributed by atoms with Gasteiger partial charge in [0.2, 0.25) is 0 Å². The Hall–Kier alpha value is 0.160. The van der Waals surface area contributed by atoms with Gasteiger partial charge in [-0.2, -0.15) is 26.3 Å². The number of alkyl halides is 6. The molecule has 4 unspecified atom stereocenters. The standard InChI is InChI=1S/C20H32F6O3S2/c1-9(2)13-14(10(3)4)17(13,28-30-19(21,22)23)27-18(29-31-20(24,25)26)15(11(5)6)16(18)12(7)8/h9-16H,1-8H3. The molecule has 2 fully saturated rings. The van der Waals surface area contributed by atoms with E-state index in [0.29, 0.717) is 0 Å². The highest BCUT2D eigenvalue weighted by Gasteiger charge is 2.80. The lowest BCUT2D eigenvalue weighted by Gasteiger charge is -2.29. The third kappa shape index (κ3) is 5.81. The molecule has 0 N–H and O–H groups in total. The monoisotopic (exact) mass is 498 g/mol. The fraction of sp³-hybridized carbons (Fsp3) is 1.00. The molecule has 2 saturated carbocycles. The summed E-state index contributed by atoms with van der Waals surface area (Å²) in [5.74, 6) is -5.34. The van der Waals surface area contributed by atoms with E-state index in [9.17, 15) is 26.3 Å². The van der Waals surface area contributed by atoms with E-state index in [4.69, 9.17) is 13.1 Å². The zero-order valence-electron chi connectivity index (χ0n) is 18.9. The minimum Gasteiger partial charge on any atom is -0.315 e. The average molecular weight is 499 g/mol. The second-order valence-electron chi connectivity index (χ2n) is 9.85. The van der Waals surface area contributed by atoms with Crippen molar-refractivity contribution in [1.82, 2.24) is 0 Å². The van der Waals surface area contributed by atoms with E-state index >= 15 is 0 Å². The van der Waals surface area contributed by atoms with Crippen LogP contribution >= 0.6 is 24.1 Å². The van der Waals surface area contributed by atoms with Crippen molar-refractivity contribution >= 4 is 24.1 Å². The molecule has 2 aliphatic rings. The Morgan fingerprint density at radius 2 is 0.774 bits per heavy atom. The van der Waals surface area contributed by atoms with Gasteiger partial charge in [-0.1, -0.05) is 55.4 Å². The van der Waals surface area contributed by atoms with Crippen LogP contribution in [0.4, 0.5) is 26.3 Å². The van der Waals surface area contributed by atoms with Crippen LogP contribution in [0.1, 0.15) is 55.4 Å². The number of ether oxygens (including phenoxy) is 1. The summed E-state index contributed by atoms with van der Waals surface area (Å²) < 4.78 is 95.1. The van der Waals surface area contributed by atoms with Gasteiger partial charge in [-0.05, 0) is 23.7 Å². The van der Waals surface area contributed by atoms with Gasteiger partial charge in [0, 0.05) is 23.7 Å². The van der Waals surface area contributed by atoms with Crippen LogP contribution in [0.25, 0.3) is 0 Å². The molecule has 2 aliphatic carbocycles. The second kappa shape index (κ2) is 9.07. The molecule has 0 amide bonds. The topological polar surface area (TPSA) is 27.7 Å². The van der Waals surface area contributed by atoms with Crippen molar-refractivity contribution in [3.63, 3.8) is 0 Å². The van der Waals surface area contributed by atoms with Crippen LogP contribution in [0.3, 0.4) is 0 Å². The zero-order chi connectivity index (χ0) is 24.2. The van der Waals surface area contributed by atoms with E-state index in [1.165, 1.54) is 0 Å². The molecule has 31 heavy (non-hydrogen) atoms. The molecule has 3 nitrogen and oxygen atoms in total. The van der Waals surface area contributed by atoms with Crippen molar-refractivity contribution in [2.24, 2.45) is 47.3 Å². The largest absolute Gasteiger partial charge is 0.468 e. The molecular weight excluding hydrogens is 466 g/mol. The van der Waals surface area contributed by atoms with Crippen LogP contribution in [-0.4, -0.2) is 22.6 Å². The van der Waals surface area contributed by atoms with Crippen molar-refractivity contribution in [2.75, 3.05) is 0 Å². The molecule has 0 aliphatic heterocycles. The van der Waals surface area contributed by atoms with Crippen molar-refractivity contribution in [3.05, 3.63) is 0 Å². The first-order chi connectivity index (χ1) is 13.9. The lowest BCUT2D eigenvalue weighted by atomic mass is 10.0. The maximum absolute atomic E-state index is 13.0. The molecule has 0 aromatic rings. The van der Waals surface area contributed by atoms with Gasteiger partial charge in [-0.3, -0.25) is 8.37 Å². The van der Waals surface area contributed by atoms with Crippen LogP contribution in [0.15, 0.2) is 0 Å². The second-order valence-corrected chi connectivity index (χ2v) is 11.4. The SMILES string of the molecule is CC(C)C1C(C(C)C)C1(OSC(F)(F)F)OC1(OSC(F)(F)F)C(C(C)C)C1C(C)C. The first-order valence-electron chi connectivity index (χ1n) is 10.5. The lowest BCUT2D eigenvalue weighted by Crippen LogP contribution is -2.36. The Morgan fingerprint density at radius 1 is 0.548 bits per heavy atom. The van der Waals surface area contributed by atoms with Crippen LogP contribution < -0.4 is 0 Å². The average Bonchev–Trinajstić information content (AvgIpc) is 3.41. The molecular formula is C20H32F6O3S2. The maximum atomic E-state index is 13.0. The summed E-state index contributed by atoms with van der Waals surface area (Å²) in [5, 5.41) is 0. The normalized spacial score (nSPS) is 36.2. The van der Waals surface area contributed by atoms with E-state index in [-0.39, 0.29) is 23.7 Å². The van der Waals surface area contributed by atoms with Gasteiger partial charge in [0.15, 0.2) is 11.6 Å². The Morgan fingerprint density at radius 3 is 0.935 bits per heavy atom. The molecule has 184 valence electrons. The third-order valence-electron chi connectivity index (χ3n) is 6.14. The van der Waals surface area contributed by atoms with Crippen molar-refractivity contribution in [1.29, 1.82) is 0 Å². The van der Waals surface area contributed by atoms with E-state index in [1.807, 2.05) is 55.4 Å². The highest BCUT2D eigenvalue weighted by molar-refractivity contribution is 7.95. The molecule has 0 saturated heterocycles. The predicted octanol–water partition coefficient (Wildman–Crippen LogP) is 7.88. The summed E-state index contributed by atoms with van der Waals surface area (Å²) in [4.78, 5) is 0. The number of hydrogen-bond acceptors (Lipinski definition) is 5. The van der Waals surface area contributed by atoms with Gasteiger partial charge >= 0.3 is 11.0 Å². The van der Waals surface area contributed by atoms with Crippen molar-refractivity contribution < 1.29 is 39.4 Å². The van der Waals surface area contributed by atoms with Gasteiger partial charge in [-0.15, -0.1) is 0 Å². The fourth-order valence-corrected chi connectivity index (χ4v) is 6.27. The highest BCUT2D eigenvalue weighted by atomic mass is 32.2. The molecule has 4 atom stereocenters. The van der Waals surface area contributed by atoms with Gasteiger partial charge < -0.3 is 4.74 Å². The third-order valence-corrected chi connectivity index (χ3v) is 7.20. The Kier molecular flexibility index (Phi) is 8.02. The van der Waals surface area contributed by atoms with E-state index < -0.39 is 70.3 Å². The molecule has 11 heteroatoms. The van der Waals surface area contributed by atoms with Crippen LogP contribution in [-0.2, 0) is 13.1 Å². The first kappa shape index (κ1) is 27.4. The number of rotatable bonds is 10. The minimum absolute atomic E-state index is 0.0951. The number of hydrogen-bond donors (Lipinski definition) is 0. The van der Waals surface area contributed by atoms with Gasteiger partial charge in [0.05, 0.1) is 0 Å². The Labute approximate surface area is 189 Å². The fourth-order valence-electron chi connectivity index (χ4n) is 5.30. The summed E-state index contributed by atoms with van der Waals surface area (Å²) in [6.45, 7) is 14.8. The summed E-state index contributed by atoms with van der Waals surface area (Å²) >= 11 is -1.31. The zero-order valence-corrected chi connectivity index (χ0v) is 20.6. The van der Waals surface area contributed by atoms with E-state index in [2.05, 4.69) is 0 Å². The summed E-state index contributed by atoms with van der Waals surface area (Å²) in [5.41, 5.74) is -9.34. The minimum atomic E-state index is -4.67. The number of halogens is 6. The van der Waals surface area contributed by atoms with Crippen molar-refractivity contribution in [3.8, 4) is 0 Å². The Bertz CT molecular complexity index is 541. The van der Waals surface area contributed by atoms with Gasteiger partial charge in [0.25, 0.3) is 0 Å². The molecule has 0 heterocycles. The lowest BCUT2D eigenvalue weighted by molar-refractivity contribution is -0.247. The smallest absolute Gasteiger partial charge is 0.315 e. The first-order valence-corrected chi connectivity index (χ1v) is 11.9. The van der Waals surface area contributed by atoms with Gasteiger partial charge in [0.1, 0.15) is 24.1 Å². The summed E-state index contributed by atoms with van der Waals surface area (Å²) in [6, 6.07) is 0. The van der Waals surface area contributed by atoms with Gasteiger partial charge in [-0.25, -0.2) is 0 Å². The van der Waals surface area contributed by atoms with E-state index in [0.717, 1.165) is 0 Å². The Balaban J connectivity index is 2.46. The maximum Gasteiger partial charge on any atom is 0.468 e. The highest BCUT2D eigenvalue weighted by Crippen LogP contribution is 2.72. The van der Waals surface area contributed by atoms with Crippen LogP contribution in [0, 0.1) is 47.3 Å². The predicted molar refractivity (Wildman–Crippen MR) is 109 cm³/mol. The molecule has 2 rings (SSSR count). The van der Waals surface area contributed by atoms with Crippen LogP contribution in [0.2, 0.25) is 0 Å². The quantitative estimate of drug-likeness (QED) is 0.174. The molecule has 0 spiro atoms. The summed E-state index contributed by atoms with van der Waals surface area (Å²) in [6.07, 6.45) is 0. The molecule has 0 aromatic carbocycles. The molecule has 0 aromatic heterocycles. The molecule has 0 bridgehead atoms. The summed E-state index contributed by atoms with van der Waals surface area (Å²) in [7, 11) is 0. The molecule has 0 radical (unpaired) electrons. The van der Waals surface area contributed by atoms with Crippen LogP contribution in [0.5, 0.6) is 0 Å². The van der Waals surface area contributed by atoms with E-state index in [1.54, 1.807) is 0 Å².